The molecule has 2 N–H and O–H groups in total. The summed E-state index contributed by atoms with van der Waals surface area (Å²) in [6, 6.07) is 1.29. The molecular weight excluding hydrogens is 307 g/mol. The summed E-state index contributed by atoms with van der Waals surface area (Å²) in [6.45, 7) is 2.92. The number of benzene rings is 1. The zero-order valence-electron chi connectivity index (χ0n) is 10.3. The number of carbonyl (C=O) groups is 1. The van der Waals surface area contributed by atoms with Crippen LogP contribution in [0.3, 0.4) is 0 Å². The Morgan fingerprint density at radius 1 is 1.56 bits per heavy atom. The zero-order valence-corrected chi connectivity index (χ0v) is 11.8. The quantitative estimate of drug-likeness (QED) is 0.895. The molecular formula is C12H14BrFO4. The number of carboxylic acids is 1. The number of ether oxygens (including phenoxy) is 1. The van der Waals surface area contributed by atoms with E-state index in [1.807, 2.05) is 0 Å². The van der Waals surface area contributed by atoms with Gasteiger partial charge in [-0.2, -0.15) is 0 Å². The van der Waals surface area contributed by atoms with Gasteiger partial charge in [-0.25, -0.2) is 4.39 Å². The van der Waals surface area contributed by atoms with E-state index in [1.54, 1.807) is 0 Å². The van der Waals surface area contributed by atoms with Crippen molar-refractivity contribution in [3.8, 4) is 11.5 Å². The van der Waals surface area contributed by atoms with Crippen LogP contribution in [0.15, 0.2) is 10.5 Å². The fraction of sp³-hybridized carbons (Fsp3) is 0.417. The van der Waals surface area contributed by atoms with Crippen LogP contribution in [0.2, 0.25) is 0 Å². The van der Waals surface area contributed by atoms with Crippen LogP contribution in [0.25, 0.3) is 0 Å². The maximum absolute atomic E-state index is 13.9. The van der Waals surface area contributed by atoms with Crippen LogP contribution in [0, 0.1) is 11.2 Å². The van der Waals surface area contributed by atoms with Crippen LogP contribution in [-0.4, -0.2) is 23.3 Å². The number of methoxy groups -OCH3 is 1. The van der Waals surface area contributed by atoms with Gasteiger partial charge in [-0.3, -0.25) is 4.79 Å². The number of halogens is 2. The van der Waals surface area contributed by atoms with Gasteiger partial charge in [0, 0.05) is 11.6 Å². The van der Waals surface area contributed by atoms with Crippen molar-refractivity contribution >= 4 is 21.9 Å². The minimum absolute atomic E-state index is 0.0753. The Labute approximate surface area is 113 Å². The van der Waals surface area contributed by atoms with Gasteiger partial charge in [-0.15, -0.1) is 0 Å². The predicted molar refractivity (Wildman–Crippen MR) is 67.4 cm³/mol. The van der Waals surface area contributed by atoms with Crippen molar-refractivity contribution in [2.24, 2.45) is 5.41 Å². The Kier molecular flexibility index (Phi) is 4.21. The lowest BCUT2D eigenvalue weighted by Crippen LogP contribution is -2.26. The van der Waals surface area contributed by atoms with Crippen LogP contribution in [0.1, 0.15) is 19.4 Å². The maximum atomic E-state index is 13.9. The van der Waals surface area contributed by atoms with E-state index < -0.39 is 17.2 Å². The number of carboxylic acid groups (broad SMARTS) is 1. The highest BCUT2D eigenvalue weighted by Crippen LogP contribution is 2.39. The molecule has 0 saturated carbocycles. The first-order chi connectivity index (χ1) is 8.20. The molecule has 4 nitrogen and oxygen atoms in total. The van der Waals surface area contributed by atoms with E-state index in [4.69, 9.17) is 9.84 Å². The summed E-state index contributed by atoms with van der Waals surface area (Å²) in [6.07, 6.45) is -0.143. The van der Waals surface area contributed by atoms with Crippen molar-refractivity contribution in [2.45, 2.75) is 20.3 Å². The molecule has 1 rings (SSSR count). The molecule has 0 aromatic heterocycles. The number of hydrogen-bond acceptors (Lipinski definition) is 3. The molecule has 0 bridgehead atoms. The number of aromatic hydroxyl groups is 1. The minimum atomic E-state index is -1.19. The Morgan fingerprint density at radius 3 is 2.56 bits per heavy atom. The number of phenols is 1. The normalized spacial score (nSPS) is 11.4. The molecule has 0 atom stereocenters. The van der Waals surface area contributed by atoms with Crippen LogP contribution in [0.5, 0.6) is 11.5 Å². The Morgan fingerprint density at radius 2 is 2.11 bits per heavy atom. The molecule has 0 radical (unpaired) electrons. The second-order valence-electron chi connectivity index (χ2n) is 4.57. The van der Waals surface area contributed by atoms with Crippen LogP contribution in [-0.2, 0) is 11.2 Å². The predicted octanol–water partition coefficient (Wildman–Crippen LogP) is 2.96. The highest BCUT2D eigenvalue weighted by atomic mass is 79.9. The lowest BCUT2D eigenvalue weighted by Gasteiger charge is -2.21. The second-order valence-corrected chi connectivity index (χ2v) is 5.42. The van der Waals surface area contributed by atoms with E-state index in [2.05, 4.69) is 15.9 Å². The Bertz CT molecular complexity index is 485. The van der Waals surface area contributed by atoms with Crippen molar-refractivity contribution in [3.63, 3.8) is 0 Å². The van der Waals surface area contributed by atoms with Gasteiger partial charge in [-0.05, 0) is 36.2 Å². The number of rotatable bonds is 4. The first-order valence-electron chi connectivity index (χ1n) is 5.18. The van der Waals surface area contributed by atoms with E-state index >= 15 is 0 Å². The lowest BCUT2D eigenvalue weighted by molar-refractivity contribution is -0.146. The average molecular weight is 321 g/mol. The van der Waals surface area contributed by atoms with Crippen LogP contribution < -0.4 is 4.74 Å². The molecule has 0 amide bonds. The van der Waals surface area contributed by atoms with E-state index in [0.29, 0.717) is 0 Å². The molecule has 0 aliphatic carbocycles. The third-order valence-corrected chi connectivity index (χ3v) is 3.25. The SMILES string of the molecule is COc1cc(Br)c(F)c(CC(C)(C)C(=O)O)c1O. The second kappa shape index (κ2) is 5.14. The highest BCUT2D eigenvalue weighted by Gasteiger charge is 2.31. The zero-order chi connectivity index (χ0) is 14.1. The molecule has 0 heterocycles. The van der Waals surface area contributed by atoms with Gasteiger partial charge < -0.3 is 14.9 Å². The number of hydrogen-bond donors (Lipinski definition) is 2. The van der Waals surface area contributed by atoms with Crippen molar-refractivity contribution in [2.75, 3.05) is 7.11 Å². The monoisotopic (exact) mass is 320 g/mol. The summed E-state index contributed by atoms with van der Waals surface area (Å²) < 4.78 is 18.9. The largest absolute Gasteiger partial charge is 0.504 e. The van der Waals surface area contributed by atoms with Gasteiger partial charge in [0.05, 0.1) is 17.0 Å². The van der Waals surface area contributed by atoms with Gasteiger partial charge in [0.25, 0.3) is 0 Å². The first-order valence-corrected chi connectivity index (χ1v) is 5.97. The summed E-state index contributed by atoms with van der Waals surface area (Å²) in [5, 5.41) is 18.9. The van der Waals surface area contributed by atoms with E-state index in [1.165, 1.54) is 27.0 Å². The Hall–Kier alpha value is -1.30. The molecule has 0 saturated heterocycles. The fourth-order valence-corrected chi connectivity index (χ4v) is 1.93. The molecule has 0 aliphatic rings. The van der Waals surface area contributed by atoms with Gasteiger partial charge in [0.1, 0.15) is 5.82 Å². The molecule has 1 aromatic carbocycles. The molecule has 1 aromatic rings. The molecule has 100 valence electrons. The van der Waals surface area contributed by atoms with E-state index in [-0.39, 0.29) is 28.0 Å². The van der Waals surface area contributed by atoms with Crippen LogP contribution >= 0.6 is 15.9 Å². The van der Waals surface area contributed by atoms with E-state index in [0.717, 1.165) is 0 Å². The molecule has 18 heavy (non-hydrogen) atoms. The van der Waals surface area contributed by atoms with Crippen molar-refractivity contribution in [3.05, 3.63) is 21.9 Å². The third-order valence-electron chi connectivity index (χ3n) is 2.67. The summed E-state index contributed by atoms with van der Waals surface area (Å²) in [4.78, 5) is 11.0. The fourth-order valence-electron chi connectivity index (χ4n) is 1.48. The standard InChI is InChI=1S/C12H14BrFO4/c1-12(2,11(16)17)5-6-9(14)7(13)4-8(18-3)10(6)15/h4,15H,5H2,1-3H3,(H,16,17). The van der Waals surface area contributed by atoms with Crippen LogP contribution in [0.4, 0.5) is 4.39 Å². The molecule has 0 spiro atoms. The molecule has 0 fully saturated rings. The first kappa shape index (κ1) is 14.8. The summed E-state index contributed by atoms with van der Waals surface area (Å²) in [7, 11) is 1.34. The lowest BCUT2D eigenvalue weighted by atomic mass is 9.85. The van der Waals surface area contributed by atoms with Gasteiger partial charge in [0.2, 0.25) is 0 Å². The average Bonchev–Trinajstić information content (AvgIpc) is 2.29. The summed E-state index contributed by atoms with van der Waals surface area (Å²) in [5.41, 5.74) is -1.27. The smallest absolute Gasteiger partial charge is 0.309 e. The highest BCUT2D eigenvalue weighted by molar-refractivity contribution is 9.10. The van der Waals surface area contributed by atoms with Gasteiger partial charge in [-0.1, -0.05) is 0 Å². The topological polar surface area (TPSA) is 66.8 Å². The number of aliphatic carboxylic acids is 1. The van der Waals surface area contributed by atoms with Crippen molar-refractivity contribution < 1.29 is 24.1 Å². The van der Waals surface area contributed by atoms with E-state index in [9.17, 15) is 14.3 Å². The number of phenolic OH excluding ortho intramolecular Hbond substituents is 1. The summed E-state index contributed by atoms with van der Waals surface area (Å²) >= 11 is 3.00. The van der Waals surface area contributed by atoms with Gasteiger partial charge in [0.15, 0.2) is 11.5 Å². The van der Waals surface area contributed by atoms with Crippen molar-refractivity contribution in [1.82, 2.24) is 0 Å². The molecule has 6 heteroatoms. The van der Waals surface area contributed by atoms with Crippen molar-refractivity contribution in [1.29, 1.82) is 0 Å². The Balaban J connectivity index is 3.32. The van der Waals surface area contributed by atoms with Gasteiger partial charge >= 0.3 is 5.97 Å². The molecule has 0 aliphatic heterocycles. The maximum Gasteiger partial charge on any atom is 0.309 e. The summed E-state index contributed by atoms with van der Waals surface area (Å²) in [5.74, 6) is -2.02. The third kappa shape index (κ3) is 2.75. The minimum Gasteiger partial charge on any atom is -0.504 e. The molecule has 0 unspecified atom stereocenters.